The van der Waals surface area contributed by atoms with Crippen LogP contribution in [0.2, 0.25) is 10.0 Å². The maximum absolute atomic E-state index is 12.2. The van der Waals surface area contributed by atoms with E-state index in [4.69, 9.17) is 23.2 Å². The Morgan fingerprint density at radius 2 is 1.68 bits per heavy atom. The fourth-order valence-corrected chi connectivity index (χ4v) is 2.62. The number of carbonyl (C=O) groups excluding carboxylic acids is 1. The zero-order valence-corrected chi connectivity index (χ0v) is 15.3. The molecule has 2 aromatic rings. The van der Waals surface area contributed by atoms with Crippen LogP contribution in [0.4, 0.5) is 11.4 Å². The molecule has 1 amide bonds. The molecule has 25 heavy (non-hydrogen) atoms. The van der Waals surface area contributed by atoms with Crippen molar-refractivity contribution in [2.75, 3.05) is 10.6 Å². The van der Waals surface area contributed by atoms with Gasteiger partial charge in [-0.05, 0) is 41.8 Å². The van der Waals surface area contributed by atoms with Crippen LogP contribution in [-0.2, 0) is 4.79 Å². The van der Waals surface area contributed by atoms with E-state index in [-0.39, 0.29) is 5.57 Å². The maximum atomic E-state index is 12.2. The number of nitrogens with one attached hydrogen (secondary N) is 2. The van der Waals surface area contributed by atoms with Gasteiger partial charge in [0.2, 0.25) is 0 Å². The Kier molecular flexibility index (Phi) is 6.46. The SMILES string of the molecule is CC(C)c1ccc(NC(=O)/C(C#N)=C\Nc2cc(Cl)cc(Cl)c2)cc1. The second kappa shape index (κ2) is 8.57. The fourth-order valence-electron chi connectivity index (χ4n) is 2.09. The Morgan fingerprint density at radius 1 is 1.08 bits per heavy atom. The summed E-state index contributed by atoms with van der Waals surface area (Å²) >= 11 is 11.8. The van der Waals surface area contributed by atoms with Crippen LogP contribution in [0.1, 0.15) is 25.3 Å². The molecular weight excluding hydrogens is 357 g/mol. The summed E-state index contributed by atoms with van der Waals surface area (Å²) in [5.41, 5.74) is 2.32. The number of hydrogen-bond acceptors (Lipinski definition) is 3. The first-order chi connectivity index (χ1) is 11.9. The maximum Gasteiger partial charge on any atom is 0.267 e. The molecule has 2 aromatic carbocycles. The molecule has 0 aliphatic heterocycles. The van der Waals surface area contributed by atoms with Gasteiger partial charge < -0.3 is 10.6 Å². The average molecular weight is 374 g/mol. The van der Waals surface area contributed by atoms with Crippen molar-refractivity contribution in [2.24, 2.45) is 0 Å². The van der Waals surface area contributed by atoms with E-state index >= 15 is 0 Å². The summed E-state index contributed by atoms with van der Waals surface area (Å²) in [4.78, 5) is 12.2. The lowest BCUT2D eigenvalue weighted by molar-refractivity contribution is -0.112. The van der Waals surface area contributed by atoms with Crippen LogP contribution in [0.15, 0.2) is 54.2 Å². The molecule has 0 aliphatic carbocycles. The average Bonchev–Trinajstić information content (AvgIpc) is 2.55. The van der Waals surface area contributed by atoms with E-state index in [1.54, 1.807) is 18.2 Å². The van der Waals surface area contributed by atoms with E-state index in [1.165, 1.54) is 11.8 Å². The summed E-state index contributed by atoms with van der Waals surface area (Å²) in [6.07, 6.45) is 1.32. The molecule has 0 heterocycles. The van der Waals surface area contributed by atoms with Crippen molar-refractivity contribution in [3.63, 3.8) is 0 Å². The molecule has 0 radical (unpaired) electrons. The number of carbonyl (C=O) groups is 1. The second-order valence-corrected chi connectivity index (χ2v) is 6.58. The molecule has 0 spiro atoms. The number of halogens is 2. The van der Waals surface area contributed by atoms with Crippen molar-refractivity contribution in [2.45, 2.75) is 19.8 Å². The largest absolute Gasteiger partial charge is 0.360 e. The Morgan fingerprint density at radius 3 is 2.20 bits per heavy atom. The summed E-state index contributed by atoms with van der Waals surface area (Å²) in [6.45, 7) is 4.19. The van der Waals surface area contributed by atoms with Gasteiger partial charge in [-0.3, -0.25) is 4.79 Å². The van der Waals surface area contributed by atoms with E-state index in [0.29, 0.717) is 27.3 Å². The van der Waals surface area contributed by atoms with E-state index in [1.807, 2.05) is 30.3 Å². The summed E-state index contributed by atoms with van der Waals surface area (Å²) < 4.78 is 0. The van der Waals surface area contributed by atoms with Gasteiger partial charge in [0.1, 0.15) is 11.6 Å². The number of amides is 1. The molecule has 128 valence electrons. The minimum atomic E-state index is -0.500. The van der Waals surface area contributed by atoms with Crippen LogP contribution in [0.25, 0.3) is 0 Å². The monoisotopic (exact) mass is 373 g/mol. The molecule has 0 bridgehead atoms. The molecule has 0 aliphatic rings. The van der Waals surface area contributed by atoms with Gasteiger partial charge in [-0.2, -0.15) is 5.26 Å². The van der Waals surface area contributed by atoms with Gasteiger partial charge in [0.15, 0.2) is 0 Å². The third-order valence-corrected chi connectivity index (χ3v) is 3.88. The highest BCUT2D eigenvalue weighted by Gasteiger charge is 2.10. The number of benzene rings is 2. The summed E-state index contributed by atoms with van der Waals surface area (Å²) in [7, 11) is 0. The molecule has 0 atom stereocenters. The predicted octanol–water partition coefficient (Wildman–Crippen LogP) is 5.57. The summed E-state index contributed by atoms with van der Waals surface area (Å²) in [6, 6.07) is 14.3. The summed E-state index contributed by atoms with van der Waals surface area (Å²) in [5, 5.41) is 15.7. The van der Waals surface area contributed by atoms with Crippen LogP contribution >= 0.6 is 23.2 Å². The molecule has 2 N–H and O–H groups in total. The molecular formula is C19H17Cl2N3O. The number of nitriles is 1. The Bertz CT molecular complexity index is 816. The molecule has 0 saturated carbocycles. The van der Waals surface area contributed by atoms with E-state index < -0.39 is 5.91 Å². The van der Waals surface area contributed by atoms with E-state index in [9.17, 15) is 10.1 Å². The van der Waals surface area contributed by atoms with Gasteiger partial charge in [-0.1, -0.05) is 49.2 Å². The molecule has 4 nitrogen and oxygen atoms in total. The molecule has 6 heteroatoms. The summed E-state index contributed by atoms with van der Waals surface area (Å²) in [5.74, 6) is -0.0894. The topological polar surface area (TPSA) is 64.9 Å². The van der Waals surface area contributed by atoms with Crippen LogP contribution < -0.4 is 10.6 Å². The number of hydrogen-bond donors (Lipinski definition) is 2. The number of rotatable bonds is 5. The minimum absolute atomic E-state index is 0.0657. The Hall–Kier alpha value is -2.48. The molecule has 0 unspecified atom stereocenters. The highest BCUT2D eigenvalue weighted by atomic mass is 35.5. The lowest BCUT2D eigenvalue weighted by atomic mass is 10.0. The highest BCUT2D eigenvalue weighted by Crippen LogP contribution is 2.22. The van der Waals surface area contributed by atoms with Crippen molar-refractivity contribution >= 4 is 40.5 Å². The lowest BCUT2D eigenvalue weighted by Gasteiger charge is -2.08. The normalized spacial score (nSPS) is 11.1. The third kappa shape index (κ3) is 5.53. The predicted molar refractivity (Wildman–Crippen MR) is 103 cm³/mol. The van der Waals surface area contributed by atoms with E-state index in [2.05, 4.69) is 24.5 Å². The standard InChI is InChI=1S/C19H17Cl2N3O/c1-12(2)13-3-5-17(6-4-13)24-19(25)14(10-22)11-23-18-8-15(20)7-16(21)9-18/h3-9,11-12,23H,1-2H3,(H,24,25)/b14-11-. The zero-order chi connectivity index (χ0) is 18.4. The zero-order valence-electron chi connectivity index (χ0n) is 13.8. The molecule has 2 rings (SSSR count). The Balaban J connectivity index is 2.08. The first-order valence-electron chi connectivity index (χ1n) is 7.63. The van der Waals surface area contributed by atoms with Gasteiger partial charge in [0.25, 0.3) is 5.91 Å². The van der Waals surface area contributed by atoms with Crippen LogP contribution in [0, 0.1) is 11.3 Å². The fraction of sp³-hybridized carbons (Fsp3) is 0.158. The van der Waals surface area contributed by atoms with Crippen molar-refractivity contribution in [1.82, 2.24) is 0 Å². The van der Waals surface area contributed by atoms with Crippen molar-refractivity contribution in [3.8, 4) is 6.07 Å². The first kappa shape index (κ1) is 18.9. The van der Waals surface area contributed by atoms with Crippen LogP contribution in [0.5, 0.6) is 0 Å². The smallest absolute Gasteiger partial charge is 0.267 e. The number of nitrogens with zero attached hydrogens (tertiary/aromatic N) is 1. The van der Waals surface area contributed by atoms with Gasteiger partial charge in [0, 0.05) is 27.6 Å². The third-order valence-electron chi connectivity index (χ3n) is 3.45. The van der Waals surface area contributed by atoms with Gasteiger partial charge >= 0.3 is 0 Å². The quantitative estimate of drug-likeness (QED) is 0.531. The minimum Gasteiger partial charge on any atom is -0.360 e. The van der Waals surface area contributed by atoms with E-state index in [0.717, 1.165) is 0 Å². The molecule has 0 aromatic heterocycles. The van der Waals surface area contributed by atoms with Crippen LogP contribution in [0.3, 0.4) is 0 Å². The van der Waals surface area contributed by atoms with Gasteiger partial charge in [-0.25, -0.2) is 0 Å². The first-order valence-corrected chi connectivity index (χ1v) is 8.39. The van der Waals surface area contributed by atoms with Gasteiger partial charge in [-0.15, -0.1) is 0 Å². The van der Waals surface area contributed by atoms with Crippen LogP contribution in [-0.4, -0.2) is 5.91 Å². The number of anilines is 2. The Labute approximate surface area is 157 Å². The molecule has 0 fully saturated rings. The van der Waals surface area contributed by atoms with Crippen molar-refractivity contribution in [3.05, 3.63) is 69.8 Å². The lowest BCUT2D eigenvalue weighted by Crippen LogP contribution is -2.14. The highest BCUT2D eigenvalue weighted by molar-refractivity contribution is 6.35. The van der Waals surface area contributed by atoms with Crippen molar-refractivity contribution < 1.29 is 4.79 Å². The van der Waals surface area contributed by atoms with Gasteiger partial charge in [0.05, 0.1) is 0 Å². The second-order valence-electron chi connectivity index (χ2n) is 5.70. The van der Waals surface area contributed by atoms with Crippen molar-refractivity contribution in [1.29, 1.82) is 5.26 Å². The molecule has 0 saturated heterocycles.